The number of methoxy groups -OCH3 is 1. The summed E-state index contributed by atoms with van der Waals surface area (Å²) in [5.74, 6) is 0.0399. The summed E-state index contributed by atoms with van der Waals surface area (Å²) in [5, 5.41) is 4.73. The third-order valence-corrected chi connectivity index (χ3v) is 5.54. The number of benzene rings is 1. The Bertz CT molecular complexity index is 940. The van der Waals surface area contributed by atoms with Crippen molar-refractivity contribution in [2.75, 3.05) is 12.4 Å². The highest BCUT2D eigenvalue weighted by molar-refractivity contribution is 6.30. The highest BCUT2D eigenvalue weighted by Gasteiger charge is 2.54. The first-order valence-corrected chi connectivity index (χ1v) is 9.65. The van der Waals surface area contributed by atoms with Gasteiger partial charge in [-0.2, -0.15) is 13.2 Å². The molecule has 1 aliphatic heterocycles. The van der Waals surface area contributed by atoms with Gasteiger partial charge in [-0.25, -0.2) is 5.43 Å². The molecular weight excluding hydrogens is 419 g/mol. The number of hydrazine groups is 1. The van der Waals surface area contributed by atoms with Crippen molar-refractivity contribution in [3.63, 3.8) is 0 Å². The number of amides is 1. The van der Waals surface area contributed by atoms with Gasteiger partial charge >= 0.3 is 6.18 Å². The Morgan fingerprint density at radius 1 is 1.23 bits per heavy atom. The van der Waals surface area contributed by atoms with Crippen LogP contribution in [0.5, 0.6) is 0 Å². The van der Waals surface area contributed by atoms with Crippen molar-refractivity contribution in [2.24, 2.45) is 5.41 Å². The van der Waals surface area contributed by atoms with Crippen LogP contribution >= 0.6 is 11.6 Å². The number of carbonyl (C=O) groups is 1. The number of anilines is 1. The Morgan fingerprint density at radius 2 is 1.87 bits per heavy atom. The minimum absolute atomic E-state index is 0.267. The van der Waals surface area contributed by atoms with Crippen molar-refractivity contribution >= 4 is 23.2 Å². The first kappa shape index (κ1) is 22.2. The van der Waals surface area contributed by atoms with E-state index in [0.717, 1.165) is 13.0 Å². The number of nitrogens with zero attached hydrogens (tertiary/aromatic N) is 1. The number of alkyl halides is 3. The van der Waals surface area contributed by atoms with Gasteiger partial charge < -0.3 is 10.1 Å². The summed E-state index contributed by atoms with van der Waals surface area (Å²) in [7, 11) is 1.42. The zero-order chi connectivity index (χ0) is 22.3. The smallest absolute Gasteiger partial charge is 0.411 e. The van der Waals surface area contributed by atoms with E-state index in [-0.39, 0.29) is 12.3 Å². The van der Waals surface area contributed by atoms with Crippen LogP contribution in [0.4, 0.5) is 18.9 Å². The molecule has 1 aromatic carbocycles. The zero-order valence-corrected chi connectivity index (χ0v) is 17.8. The topological polar surface area (TPSA) is 53.6 Å². The van der Waals surface area contributed by atoms with Crippen molar-refractivity contribution < 1.29 is 22.7 Å². The van der Waals surface area contributed by atoms with Crippen LogP contribution in [-0.2, 0) is 9.53 Å². The molecular formula is C21H23ClF3N3O2. The molecule has 2 unspecified atom stereocenters. The number of hydrogen-bond donors (Lipinski definition) is 2. The van der Waals surface area contributed by atoms with Gasteiger partial charge in [-0.05, 0) is 63.6 Å². The van der Waals surface area contributed by atoms with Crippen LogP contribution in [0, 0.1) is 5.41 Å². The molecule has 9 heteroatoms. The van der Waals surface area contributed by atoms with E-state index in [9.17, 15) is 18.0 Å². The van der Waals surface area contributed by atoms with Crippen LogP contribution in [0.25, 0.3) is 0 Å². The second-order valence-corrected chi connectivity index (χ2v) is 8.25. The van der Waals surface area contributed by atoms with Gasteiger partial charge in [0.25, 0.3) is 0 Å². The molecule has 162 valence electrons. The molecule has 1 heterocycles. The van der Waals surface area contributed by atoms with Gasteiger partial charge in [-0.3, -0.25) is 9.80 Å². The van der Waals surface area contributed by atoms with Gasteiger partial charge in [0.1, 0.15) is 5.76 Å². The molecule has 3 rings (SSSR count). The van der Waals surface area contributed by atoms with E-state index >= 15 is 0 Å². The summed E-state index contributed by atoms with van der Waals surface area (Å²) in [6.45, 7) is 4.39. The highest BCUT2D eigenvalue weighted by atomic mass is 35.5. The quantitative estimate of drug-likeness (QED) is 0.678. The van der Waals surface area contributed by atoms with Crippen molar-refractivity contribution in [3.05, 3.63) is 64.7 Å². The lowest BCUT2D eigenvalue weighted by atomic mass is 9.81. The minimum atomic E-state index is -4.47. The molecule has 0 aromatic heterocycles. The maximum absolute atomic E-state index is 13.4. The van der Waals surface area contributed by atoms with Crippen molar-refractivity contribution in [1.29, 1.82) is 0 Å². The predicted octanol–water partition coefficient (Wildman–Crippen LogP) is 5.15. The first-order chi connectivity index (χ1) is 13.9. The standard InChI is InChI=1S/C21H23ClF3N3O2/c1-13-11-20(3,21(23,24)25)27-28(13)16-9-10-19(2,12-17(16)30-4)18(29)26-15-7-5-14(22)6-8-15/h5-9,11-12,27H,10H2,1-4H3,(H,26,29). The number of halogens is 4. The second kappa shape index (κ2) is 7.67. The molecule has 5 nitrogen and oxygen atoms in total. The SMILES string of the molecule is COC1=CC(C)(C(=O)Nc2ccc(Cl)cc2)CC=C1N1NC(C)(C(F)(F)F)C=C1C. The summed E-state index contributed by atoms with van der Waals surface area (Å²) in [5.41, 5.74) is 0.776. The lowest BCUT2D eigenvalue weighted by Crippen LogP contribution is -2.54. The van der Waals surface area contributed by atoms with E-state index in [1.807, 2.05) is 0 Å². The van der Waals surface area contributed by atoms with Gasteiger partial charge in [0.15, 0.2) is 5.54 Å². The summed E-state index contributed by atoms with van der Waals surface area (Å²) in [6, 6.07) is 6.71. The van der Waals surface area contributed by atoms with Crippen molar-refractivity contribution in [2.45, 2.75) is 38.9 Å². The number of nitrogens with one attached hydrogen (secondary N) is 2. The maximum atomic E-state index is 13.4. The lowest BCUT2D eigenvalue weighted by molar-refractivity contribution is -0.181. The Hall–Kier alpha value is -2.45. The van der Waals surface area contributed by atoms with Gasteiger partial charge in [-0.15, -0.1) is 0 Å². The Balaban J connectivity index is 1.82. The molecule has 1 amide bonds. The predicted molar refractivity (Wildman–Crippen MR) is 109 cm³/mol. The van der Waals surface area contributed by atoms with E-state index in [1.165, 1.54) is 12.1 Å². The maximum Gasteiger partial charge on any atom is 0.411 e. The van der Waals surface area contributed by atoms with Crippen LogP contribution in [0.1, 0.15) is 27.2 Å². The average molecular weight is 442 g/mol. The fraction of sp³-hybridized carbons (Fsp3) is 0.381. The van der Waals surface area contributed by atoms with Crippen LogP contribution in [-0.4, -0.2) is 29.7 Å². The second-order valence-electron chi connectivity index (χ2n) is 7.82. The Kier molecular flexibility index (Phi) is 5.68. The van der Waals surface area contributed by atoms with Gasteiger partial charge in [0.05, 0.1) is 18.2 Å². The molecule has 0 spiro atoms. The lowest BCUT2D eigenvalue weighted by Gasteiger charge is -2.35. The molecule has 1 aromatic rings. The van der Waals surface area contributed by atoms with Gasteiger partial charge in [-0.1, -0.05) is 17.7 Å². The van der Waals surface area contributed by atoms with E-state index in [0.29, 0.717) is 27.9 Å². The molecule has 2 atom stereocenters. The molecule has 0 saturated heterocycles. The Labute approximate surface area is 178 Å². The number of rotatable bonds is 4. The van der Waals surface area contributed by atoms with Gasteiger partial charge in [0.2, 0.25) is 5.91 Å². The molecule has 0 fully saturated rings. The van der Waals surface area contributed by atoms with E-state index in [4.69, 9.17) is 16.3 Å². The third-order valence-electron chi connectivity index (χ3n) is 5.29. The minimum Gasteiger partial charge on any atom is -0.495 e. The number of hydrogen-bond acceptors (Lipinski definition) is 4. The number of allylic oxidation sites excluding steroid dienone is 2. The summed E-state index contributed by atoms with van der Waals surface area (Å²) < 4.78 is 45.8. The van der Waals surface area contributed by atoms with Crippen molar-refractivity contribution in [1.82, 2.24) is 10.4 Å². The van der Waals surface area contributed by atoms with Crippen molar-refractivity contribution in [3.8, 4) is 0 Å². The van der Waals surface area contributed by atoms with Gasteiger partial charge in [0, 0.05) is 16.4 Å². The molecule has 2 N–H and O–H groups in total. The summed E-state index contributed by atoms with van der Waals surface area (Å²) >= 11 is 5.87. The first-order valence-electron chi connectivity index (χ1n) is 9.27. The molecule has 1 aliphatic carbocycles. The molecule has 0 bridgehead atoms. The van der Waals surface area contributed by atoms with E-state index in [1.54, 1.807) is 50.3 Å². The van der Waals surface area contributed by atoms with Crippen LogP contribution in [0.2, 0.25) is 5.02 Å². The monoisotopic (exact) mass is 441 g/mol. The number of carbonyl (C=O) groups excluding carboxylic acids is 1. The molecule has 2 aliphatic rings. The normalized spacial score (nSPS) is 26.7. The third kappa shape index (κ3) is 4.06. The fourth-order valence-electron chi connectivity index (χ4n) is 3.39. The molecule has 30 heavy (non-hydrogen) atoms. The van der Waals surface area contributed by atoms with Crippen LogP contribution in [0.15, 0.2) is 59.6 Å². The van der Waals surface area contributed by atoms with Crippen LogP contribution < -0.4 is 10.7 Å². The van der Waals surface area contributed by atoms with Crippen LogP contribution in [0.3, 0.4) is 0 Å². The van der Waals surface area contributed by atoms with E-state index < -0.39 is 17.1 Å². The summed E-state index contributed by atoms with van der Waals surface area (Å²) in [4.78, 5) is 12.9. The largest absolute Gasteiger partial charge is 0.495 e. The summed E-state index contributed by atoms with van der Waals surface area (Å²) in [6.07, 6.45) is 0.270. The van der Waals surface area contributed by atoms with E-state index in [2.05, 4.69) is 10.7 Å². The zero-order valence-electron chi connectivity index (χ0n) is 17.0. The Morgan fingerprint density at radius 3 is 2.40 bits per heavy atom. The fourth-order valence-corrected chi connectivity index (χ4v) is 3.52. The highest BCUT2D eigenvalue weighted by Crippen LogP contribution is 2.41. The average Bonchev–Trinajstić information content (AvgIpc) is 2.99. The molecule has 0 radical (unpaired) electrons. The number of ether oxygens (including phenoxy) is 1. The molecule has 0 saturated carbocycles.